The first-order valence-electron chi connectivity index (χ1n) is 5.35. The summed E-state index contributed by atoms with van der Waals surface area (Å²) >= 11 is 0. The molecule has 4 heteroatoms. The molecule has 1 N–H and O–H groups in total. The van der Waals surface area contributed by atoms with Crippen molar-refractivity contribution < 1.29 is 18.6 Å². The number of hydrogen-bond donors (Lipinski definition) is 1. The quantitative estimate of drug-likeness (QED) is 0.842. The molecule has 0 amide bonds. The first-order chi connectivity index (χ1) is 7.61. The van der Waals surface area contributed by atoms with E-state index in [1.165, 1.54) is 6.07 Å². The van der Waals surface area contributed by atoms with Crippen LogP contribution in [0.25, 0.3) is 0 Å². The SMILES string of the molecule is CC1OCCC1C(O)c1c(F)cccc1F. The number of aliphatic hydroxyl groups excluding tert-OH is 1. The van der Waals surface area contributed by atoms with Gasteiger partial charge in [-0.15, -0.1) is 0 Å². The van der Waals surface area contributed by atoms with E-state index in [-0.39, 0.29) is 17.6 Å². The molecule has 0 bridgehead atoms. The fourth-order valence-electron chi connectivity index (χ4n) is 2.17. The lowest BCUT2D eigenvalue weighted by Gasteiger charge is -2.21. The van der Waals surface area contributed by atoms with Crippen LogP contribution in [0.2, 0.25) is 0 Å². The molecule has 2 rings (SSSR count). The molecular weight excluding hydrogens is 214 g/mol. The molecule has 0 aliphatic carbocycles. The molecule has 1 fully saturated rings. The standard InChI is InChI=1S/C12H14F2O2/c1-7-8(5-6-16-7)12(15)11-9(13)3-2-4-10(11)14/h2-4,7-8,12,15H,5-6H2,1H3. The van der Waals surface area contributed by atoms with Gasteiger partial charge in [0.25, 0.3) is 0 Å². The van der Waals surface area contributed by atoms with Gasteiger partial charge in [-0.3, -0.25) is 0 Å². The number of ether oxygens (including phenoxy) is 1. The van der Waals surface area contributed by atoms with Crippen LogP contribution in [0.1, 0.15) is 25.0 Å². The van der Waals surface area contributed by atoms with Crippen LogP contribution in [-0.4, -0.2) is 17.8 Å². The number of aliphatic hydroxyl groups is 1. The maximum atomic E-state index is 13.4. The molecule has 88 valence electrons. The van der Waals surface area contributed by atoms with E-state index in [1.54, 1.807) is 6.92 Å². The van der Waals surface area contributed by atoms with Gasteiger partial charge in [0.1, 0.15) is 11.6 Å². The maximum absolute atomic E-state index is 13.4. The number of hydrogen-bond acceptors (Lipinski definition) is 2. The van der Waals surface area contributed by atoms with Crippen LogP contribution in [0, 0.1) is 17.6 Å². The zero-order valence-electron chi connectivity index (χ0n) is 8.99. The molecule has 2 nitrogen and oxygen atoms in total. The minimum atomic E-state index is -1.14. The highest BCUT2D eigenvalue weighted by molar-refractivity contribution is 5.23. The Bertz CT molecular complexity index is 361. The van der Waals surface area contributed by atoms with Gasteiger partial charge in [0, 0.05) is 12.5 Å². The third-order valence-corrected chi connectivity index (χ3v) is 3.14. The van der Waals surface area contributed by atoms with Crippen molar-refractivity contribution in [1.82, 2.24) is 0 Å². The van der Waals surface area contributed by atoms with Crippen molar-refractivity contribution in [3.05, 3.63) is 35.4 Å². The Morgan fingerprint density at radius 3 is 2.50 bits per heavy atom. The Hall–Kier alpha value is -1.00. The van der Waals surface area contributed by atoms with Gasteiger partial charge in [0.2, 0.25) is 0 Å². The summed E-state index contributed by atoms with van der Waals surface area (Å²) in [5.74, 6) is -1.65. The number of rotatable bonds is 2. The average molecular weight is 228 g/mol. The van der Waals surface area contributed by atoms with Crippen LogP contribution >= 0.6 is 0 Å². The van der Waals surface area contributed by atoms with E-state index < -0.39 is 17.7 Å². The first-order valence-corrected chi connectivity index (χ1v) is 5.35. The molecule has 3 atom stereocenters. The molecule has 0 saturated carbocycles. The van der Waals surface area contributed by atoms with Crippen LogP contribution in [0.5, 0.6) is 0 Å². The smallest absolute Gasteiger partial charge is 0.131 e. The van der Waals surface area contributed by atoms with E-state index in [0.29, 0.717) is 13.0 Å². The van der Waals surface area contributed by atoms with E-state index >= 15 is 0 Å². The van der Waals surface area contributed by atoms with E-state index in [0.717, 1.165) is 12.1 Å². The van der Waals surface area contributed by atoms with Crippen molar-refractivity contribution in [3.63, 3.8) is 0 Å². The van der Waals surface area contributed by atoms with Crippen LogP contribution in [0.3, 0.4) is 0 Å². The lowest BCUT2D eigenvalue weighted by molar-refractivity contribution is 0.0396. The molecular formula is C12H14F2O2. The highest BCUT2D eigenvalue weighted by Crippen LogP contribution is 2.35. The Morgan fingerprint density at radius 1 is 1.38 bits per heavy atom. The number of halogens is 2. The second-order valence-corrected chi connectivity index (χ2v) is 4.11. The lowest BCUT2D eigenvalue weighted by Crippen LogP contribution is -2.21. The Balaban J connectivity index is 2.29. The van der Waals surface area contributed by atoms with Gasteiger partial charge >= 0.3 is 0 Å². The first kappa shape index (κ1) is 11.5. The van der Waals surface area contributed by atoms with Gasteiger partial charge in [-0.05, 0) is 25.5 Å². The minimum Gasteiger partial charge on any atom is -0.388 e. The van der Waals surface area contributed by atoms with Crippen molar-refractivity contribution in [2.75, 3.05) is 6.61 Å². The maximum Gasteiger partial charge on any atom is 0.131 e. The highest BCUT2D eigenvalue weighted by atomic mass is 19.1. The van der Waals surface area contributed by atoms with E-state index in [2.05, 4.69) is 0 Å². The summed E-state index contributed by atoms with van der Waals surface area (Å²) in [5, 5.41) is 9.99. The van der Waals surface area contributed by atoms with Crippen molar-refractivity contribution in [2.45, 2.75) is 25.6 Å². The monoisotopic (exact) mass is 228 g/mol. The number of benzene rings is 1. The Labute approximate surface area is 92.9 Å². The van der Waals surface area contributed by atoms with Crippen LogP contribution in [-0.2, 0) is 4.74 Å². The second kappa shape index (κ2) is 4.47. The minimum absolute atomic E-state index is 0.172. The summed E-state index contributed by atoms with van der Waals surface area (Å²) in [6, 6.07) is 3.60. The van der Waals surface area contributed by atoms with E-state index in [4.69, 9.17) is 4.74 Å². The van der Waals surface area contributed by atoms with Crippen molar-refractivity contribution in [3.8, 4) is 0 Å². The summed E-state index contributed by atoms with van der Waals surface area (Å²) in [5.41, 5.74) is -0.246. The molecule has 16 heavy (non-hydrogen) atoms. The summed E-state index contributed by atoms with van der Waals surface area (Å²) in [7, 11) is 0. The summed E-state index contributed by atoms with van der Waals surface area (Å²) in [4.78, 5) is 0. The molecule has 3 unspecified atom stereocenters. The Kier molecular flexibility index (Phi) is 3.21. The van der Waals surface area contributed by atoms with Crippen LogP contribution < -0.4 is 0 Å². The second-order valence-electron chi connectivity index (χ2n) is 4.11. The molecule has 0 radical (unpaired) electrons. The summed E-state index contributed by atoms with van der Waals surface area (Å²) in [6.45, 7) is 2.33. The lowest BCUT2D eigenvalue weighted by atomic mass is 9.90. The largest absolute Gasteiger partial charge is 0.388 e. The van der Waals surface area contributed by atoms with Crippen LogP contribution in [0.4, 0.5) is 8.78 Å². The van der Waals surface area contributed by atoms with Crippen molar-refractivity contribution in [1.29, 1.82) is 0 Å². The normalized spacial score (nSPS) is 27.0. The topological polar surface area (TPSA) is 29.5 Å². The molecule has 1 aromatic carbocycles. The molecule has 0 aromatic heterocycles. The van der Waals surface area contributed by atoms with E-state index in [9.17, 15) is 13.9 Å². The van der Waals surface area contributed by atoms with Crippen LogP contribution in [0.15, 0.2) is 18.2 Å². The fourth-order valence-corrected chi connectivity index (χ4v) is 2.17. The van der Waals surface area contributed by atoms with E-state index in [1.807, 2.05) is 0 Å². The summed E-state index contributed by atoms with van der Waals surface area (Å²) < 4.78 is 32.2. The molecule has 1 aromatic rings. The predicted molar refractivity (Wildman–Crippen MR) is 54.8 cm³/mol. The summed E-state index contributed by atoms with van der Waals surface area (Å²) in [6.07, 6.45) is -0.691. The highest BCUT2D eigenvalue weighted by Gasteiger charge is 2.34. The van der Waals surface area contributed by atoms with Gasteiger partial charge in [-0.25, -0.2) is 8.78 Å². The zero-order valence-corrected chi connectivity index (χ0v) is 8.99. The van der Waals surface area contributed by atoms with Crippen molar-refractivity contribution in [2.24, 2.45) is 5.92 Å². The van der Waals surface area contributed by atoms with Gasteiger partial charge in [-0.1, -0.05) is 6.07 Å². The molecule has 1 aliphatic rings. The Morgan fingerprint density at radius 2 is 2.00 bits per heavy atom. The molecule has 1 aliphatic heterocycles. The van der Waals surface area contributed by atoms with Crippen molar-refractivity contribution >= 4 is 0 Å². The third kappa shape index (κ3) is 1.95. The molecule has 1 saturated heterocycles. The zero-order chi connectivity index (χ0) is 11.7. The fraction of sp³-hybridized carbons (Fsp3) is 0.500. The van der Waals surface area contributed by atoms with Gasteiger partial charge in [0.05, 0.1) is 17.8 Å². The predicted octanol–water partition coefficient (Wildman–Crippen LogP) is 2.42. The molecule has 0 spiro atoms. The van der Waals surface area contributed by atoms with Gasteiger partial charge in [0.15, 0.2) is 0 Å². The average Bonchev–Trinajstić information content (AvgIpc) is 2.64. The van der Waals surface area contributed by atoms with Gasteiger partial charge < -0.3 is 9.84 Å². The molecule has 1 heterocycles. The third-order valence-electron chi connectivity index (χ3n) is 3.14. The van der Waals surface area contributed by atoms with Gasteiger partial charge in [-0.2, -0.15) is 0 Å².